The molecular formula is C15H14N2Se. The minimum absolute atomic E-state index is 0.389. The van der Waals surface area contributed by atoms with Crippen molar-refractivity contribution < 1.29 is 0 Å². The molecule has 2 nitrogen and oxygen atoms in total. The fourth-order valence-electron chi connectivity index (χ4n) is 2.69. The maximum atomic E-state index is 4.85. The molecule has 0 N–H and O–H groups in total. The Labute approximate surface area is 112 Å². The first-order chi connectivity index (χ1) is 8.92. The number of anilines is 1. The van der Waals surface area contributed by atoms with Crippen molar-refractivity contribution in [3.05, 3.63) is 36.4 Å². The molecule has 4 rings (SSSR count). The summed E-state index contributed by atoms with van der Waals surface area (Å²) < 4.78 is 2.81. The van der Waals surface area contributed by atoms with Crippen LogP contribution in [-0.2, 0) is 0 Å². The van der Waals surface area contributed by atoms with Crippen molar-refractivity contribution >= 4 is 39.7 Å². The molecule has 90 valence electrons. The van der Waals surface area contributed by atoms with Crippen LogP contribution in [0.3, 0.4) is 0 Å². The van der Waals surface area contributed by atoms with Crippen molar-refractivity contribution in [2.45, 2.75) is 12.8 Å². The summed E-state index contributed by atoms with van der Waals surface area (Å²) >= 11 is 0.389. The number of aromatic nitrogens is 1. The predicted molar refractivity (Wildman–Crippen MR) is 77.6 cm³/mol. The predicted octanol–water partition coefficient (Wildman–Crippen LogP) is 3.05. The average molecular weight is 301 g/mol. The molecule has 1 aromatic heterocycles. The zero-order chi connectivity index (χ0) is 11.9. The van der Waals surface area contributed by atoms with E-state index in [1.807, 2.05) is 0 Å². The van der Waals surface area contributed by atoms with Gasteiger partial charge in [-0.3, -0.25) is 0 Å². The van der Waals surface area contributed by atoms with Crippen LogP contribution in [0.4, 0.5) is 4.69 Å². The first-order valence-electron chi connectivity index (χ1n) is 6.45. The summed E-state index contributed by atoms with van der Waals surface area (Å²) in [6.07, 6.45) is 2.65. The maximum absolute atomic E-state index is 4.85. The molecule has 0 bridgehead atoms. The van der Waals surface area contributed by atoms with E-state index in [0.29, 0.717) is 14.5 Å². The second kappa shape index (κ2) is 4.11. The van der Waals surface area contributed by atoms with Crippen molar-refractivity contribution in [2.24, 2.45) is 0 Å². The number of hydrogen-bond donors (Lipinski definition) is 0. The summed E-state index contributed by atoms with van der Waals surface area (Å²) in [6, 6.07) is 13.0. The van der Waals surface area contributed by atoms with Crippen LogP contribution in [0.25, 0.3) is 20.5 Å². The second-order valence-electron chi connectivity index (χ2n) is 4.83. The number of fused-ring (bicyclic) bond motifs is 3. The van der Waals surface area contributed by atoms with Gasteiger partial charge in [0, 0.05) is 0 Å². The summed E-state index contributed by atoms with van der Waals surface area (Å²) in [4.78, 5) is 7.34. The Kier molecular flexibility index (Phi) is 2.42. The molecule has 3 heteroatoms. The van der Waals surface area contributed by atoms with Crippen LogP contribution in [0, 0.1) is 0 Å². The van der Waals surface area contributed by atoms with Gasteiger partial charge in [0.25, 0.3) is 0 Å². The zero-order valence-electron chi connectivity index (χ0n) is 10.1. The van der Waals surface area contributed by atoms with E-state index in [9.17, 15) is 0 Å². The molecule has 0 atom stereocenters. The fraction of sp³-hybridized carbons (Fsp3) is 0.267. The van der Waals surface area contributed by atoms with Gasteiger partial charge in [-0.1, -0.05) is 0 Å². The topological polar surface area (TPSA) is 16.1 Å². The zero-order valence-corrected chi connectivity index (χ0v) is 11.8. The average Bonchev–Trinajstić information content (AvgIpc) is 3.07. The van der Waals surface area contributed by atoms with Crippen molar-refractivity contribution in [2.75, 3.05) is 18.0 Å². The quantitative estimate of drug-likeness (QED) is 0.642. The van der Waals surface area contributed by atoms with Crippen LogP contribution in [0.15, 0.2) is 36.4 Å². The molecule has 1 fully saturated rings. The fourth-order valence-corrected chi connectivity index (χ4v) is 5.11. The Morgan fingerprint density at radius 2 is 1.83 bits per heavy atom. The molecule has 0 amide bonds. The Morgan fingerprint density at radius 3 is 2.72 bits per heavy atom. The normalized spacial score (nSPS) is 15.9. The van der Waals surface area contributed by atoms with Crippen LogP contribution < -0.4 is 4.90 Å². The molecule has 0 aliphatic carbocycles. The van der Waals surface area contributed by atoms with E-state index in [1.165, 1.54) is 51.2 Å². The van der Waals surface area contributed by atoms with Gasteiger partial charge in [0.05, 0.1) is 0 Å². The van der Waals surface area contributed by atoms with E-state index in [2.05, 4.69) is 41.3 Å². The molecule has 1 saturated heterocycles. The Hall–Kier alpha value is -1.31. The number of nitrogens with zero attached hydrogens (tertiary/aromatic N) is 2. The van der Waals surface area contributed by atoms with E-state index >= 15 is 0 Å². The van der Waals surface area contributed by atoms with Crippen molar-refractivity contribution in [3.63, 3.8) is 0 Å². The summed E-state index contributed by atoms with van der Waals surface area (Å²) in [5, 5.41) is 2.74. The molecule has 1 aliphatic heterocycles. The molecule has 0 radical (unpaired) electrons. The Balaban J connectivity index is 1.95. The molecule has 3 aromatic rings. The first-order valence-corrected chi connectivity index (χ1v) is 8.16. The van der Waals surface area contributed by atoms with E-state index in [-0.39, 0.29) is 0 Å². The second-order valence-corrected chi connectivity index (χ2v) is 6.88. The van der Waals surface area contributed by atoms with Gasteiger partial charge in [0.2, 0.25) is 0 Å². The molecule has 1 aliphatic rings. The van der Waals surface area contributed by atoms with Gasteiger partial charge < -0.3 is 0 Å². The molecule has 18 heavy (non-hydrogen) atoms. The number of benzene rings is 2. The van der Waals surface area contributed by atoms with Crippen molar-refractivity contribution in [3.8, 4) is 0 Å². The van der Waals surface area contributed by atoms with Crippen LogP contribution in [0.1, 0.15) is 12.8 Å². The van der Waals surface area contributed by atoms with Crippen molar-refractivity contribution in [1.29, 1.82) is 0 Å². The van der Waals surface area contributed by atoms with Gasteiger partial charge >= 0.3 is 112 Å². The number of rotatable bonds is 1. The monoisotopic (exact) mass is 302 g/mol. The van der Waals surface area contributed by atoms with Crippen LogP contribution in [0.5, 0.6) is 0 Å². The summed E-state index contributed by atoms with van der Waals surface area (Å²) in [6.45, 7) is 2.40. The Morgan fingerprint density at radius 1 is 1.00 bits per heavy atom. The molecule has 0 unspecified atom stereocenters. The minimum atomic E-state index is 0.389. The van der Waals surface area contributed by atoms with Crippen LogP contribution in [0.2, 0.25) is 0 Å². The van der Waals surface area contributed by atoms with E-state index in [4.69, 9.17) is 4.98 Å². The molecule has 2 heterocycles. The third-order valence-corrected chi connectivity index (χ3v) is 6.09. The first kappa shape index (κ1) is 10.6. The van der Waals surface area contributed by atoms with Gasteiger partial charge in [-0.15, -0.1) is 0 Å². The molecule has 0 saturated carbocycles. The van der Waals surface area contributed by atoms with E-state index in [1.54, 1.807) is 0 Å². The van der Waals surface area contributed by atoms with Gasteiger partial charge in [0.15, 0.2) is 0 Å². The summed E-state index contributed by atoms with van der Waals surface area (Å²) in [5.74, 6) is 0. The summed E-state index contributed by atoms with van der Waals surface area (Å²) in [5.41, 5.74) is 1.20. The Bertz CT molecular complexity index is 711. The van der Waals surface area contributed by atoms with E-state index < -0.39 is 0 Å². The number of hydrogen-bond acceptors (Lipinski definition) is 2. The van der Waals surface area contributed by atoms with Gasteiger partial charge in [-0.2, -0.15) is 0 Å². The molecule has 2 aromatic carbocycles. The standard InChI is InChI=1S/C15H14N2Se/c1-2-6-12-11(5-1)7-8-13-14(12)18-15(16-13)17-9-3-4-10-17/h1-2,5-8H,3-4,9-10H2. The molecule has 0 spiro atoms. The third kappa shape index (κ3) is 1.58. The van der Waals surface area contributed by atoms with Gasteiger partial charge in [0.1, 0.15) is 0 Å². The van der Waals surface area contributed by atoms with Crippen molar-refractivity contribution in [1.82, 2.24) is 4.98 Å². The van der Waals surface area contributed by atoms with E-state index in [0.717, 1.165) is 0 Å². The summed E-state index contributed by atoms with van der Waals surface area (Å²) in [7, 11) is 0. The van der Waals surface area contributed by atoms with Crippen LogP contribution >= 0.6 is 0 Å². The molecular weight excluding hydrogens is 287 g/mol. The van der Waals surface area contributed by atoms with Crippen LogP contribution in [-0.4, -0.2) is 32.6 Å². The van der Waals surface area contributed by atoms with Gasteiger partial charge in [-0.05, 0) is 0 Å². The third-order valence-electron chi connectivity index (χ3n) is 3.64. The van der Waals surface area contributed by atoms with Gasteiger partial charge in [-0.25, -0.2) is 0 Å². The SMILES string of the molecule is c1ccc2c(c1)ccc1nc(N3CCCC3)[se]c12.